The van der Waals surface area contributed by atoms with E-state index >= 15 is 0 Å². The third-order valence-corrected chi connectivity index (χ3v) is 5.22. The van der Waals surface area contributed by atoms with Crippen molar-refractivity contribution in [2.45, 2.75) is 30.8 Å². The lowest BCUT2D eigenvalue weighted by atomic mass is 9.75. The van der Waals surface area contributed by atoms with E-state index in [1.165, 1.54) is 0 Å². The molecule has 1 N–H and O–H groups in total. The summed E-state index contributed by atoms with van der Waals surface area (Å²) in [5, 5.41) is 19.3. The van der Waals surface area contributed by atoms with E-state index in [0.717, 1.165) is 29.5 Å². The molecule has 1 saturated carbocycles. The van der Waals surface area contributed by atoms with Gasteiger partial charge in [-0.2, -0.15) is 5.26 Å². The minimum atomic E-state index is -0.489. The molecule has 1 aliphatic heterocycles. The Morgan fingerprint density at radius 2 is 1.80 bits per heavy atom. The van der Waals surface area contributed by atoms with Crippen LogP contribution in [-0.2, 0) is 4.79 Å². The molecule has 1 aromatic carbocycles. The van der Waals surface area contributed by atoms with Gasteiger partial charge < -0.3 is 10.0 Å². The van der Waals surface area contributed by atoms with Crippen molar-refractivity contribution in [1.29, 1.82) is 5.26 Å². The number of pyridine rings is 1. The van der Waals surface area contributed by atoms with Gasteiger partial charge in [-0.15, -0.1) is 0 Å². The summed E-state index contributed by atoms with van der Waals surface area (Å²) in [6.07, 6.45) is 5.31. The van der Waals surface area contributed by atoms with Crippen molar-refractivity contribution < 1.29 is 9.90 Å². The number of carbonyl (C=O) groups excluding carboxylic acids is 1. The lowest BCUT2D eigenvalue weighted by molar-refractivity contribution is -0.148. The lowest BCUT2D eigenvalue weighted by Crippen LogP contribution is -2.65. The van der Waals surface area contributed by atoms with E-state index in [-0.39, 0.29) is 30.4 Å². The summed E-state index contributed by atoms with van der Waals surface area (Å²) < 4.78 is 0. The molecule has 25 heavy (non-hydrogen) atoms. The predicted octanol–water partition coefficient (Wildman–Crippen LogP) is 2.34. The number of nitriles is 1. The Bertz CT molecular complexity index is 809. The second-order valence-corrected chi connectivity index (χ2v) is 6.73. The number of aromatic nitrogens is 1. The zero-order chi connectivity index (χ0) is 17.4. The number of carbonyl (C=O) groups is 1. The van der Waals surface area contributed by atoms with Crippen molar-refractivity contribution in [3.05, 3.63) is 54.4 Å². The molecule has 0 radical (unpaired) electrons. The summed E-state index contributed by atoms with van der Waals surface area (Å²) in [4.78, 5) is 18.0. The highest BCUT2D eigenvalue weighted by Gasteiger charge is 2.53. The van der Waals surface area contributed by atoms with Gasteiger partial charge in [-0.1, -0.05) is 24.3 Å². The van der Waals surface area contributed by atoms with Gasteiger partial charge in [0.15, 0.2) is 0 Å². The lowest BCUT2D eigenvalue weighted by Gasteiger charge is -2.51. The van der Waals surface area contributed by atoms with Gasteiger partial charge in [0.2, 0.25) is 5.91 Å². The Morgan fingerprint density at radius 3 is 2.36 bits per heavy atom. The zero-order valence-electron chi connectivity index (χ0n) is 13.7. The molecular weight excluding hydrogens is 314 g/mol. The van der Waals surface area contributed by atoms with Crippen LogP contribution in [0.4, 0.5) is 0 Å². The highest BCUT2D eigenvalue weighted by Crippen LogP contribution is 2.44. The van der Waals surface area contributed by atoms with Crippen molar-refractivity contribution in [3.8, 4) is 17.2 Å². The maximum absolute atomic E-state index is 12.4. The van der Waals surface area contributed by atoms with Gasteiger partial charge in [0, 0.05) is 24.2 Å². The predicted molar refractivity (Wildman–Crippen MR) is 92.3 cm³/mol. The second kappa shape index (κ2) is 6.30. The molecule has 5 heteroatoms. The van der Waals surface area contributed by atoms with Crippen LogP contribution in [0.15, 0.2) is 48.8 Å². The fraction of sp³-hybridized carbons (Fsp3) is 0.350. The summed E-state index contributed by atoms with van der Waals surface area (Å²) in [6.45, 7) is -0.118. The first-order chi connectivity index (χ1) is 12.2. The third-order valence-electron chi connectivity index (χ3n) is 5.22. The molecule has 3 atom stereocenters. The molecule has 0 bridgehead atoms. The summed E-state index contributed by atoms with van der Waals surface area (Å²) in [5.41, 5.74) is 3.14. The summed E-state index contributed by atoms with van der Waals surface area (Å²) in [7, 11) is 0. The molecule has 0 spiro atoms. The monoisotopic (exact) mass is 333 g/mol. The van der Waals surface area contributed by atoms with Crippen LogP contribution in [0, 0.1) is 17.2 Å². The van der Waals surface area contributed by atoms with Crippen LogP contribution < -0.4 is 0 Å². The van der Waals surface area contributed by atoms with E-state index in [9.17, 15) is 15.2 Å². The van der Waals surface area contributed by atoms with Crippen LogP contribution in [0.5, 0.6) is 0 Å². The minimum Gasteiger partial charge on any atom is -0.394 e. The number of amides is 1. The minimum absolute atomic E-state index is 0.0234. The molecule has 5 nitrogen and oxygen atoms in total. The standard InChI is InChI=1S/C20H19N3O2/c21-11-17-19(18(12-24)23(17)20(25)16-5-6-16)15-3-1-13(2-4-15)14-7-9-22-10-8-14/h1-4,7-10,16-19,24H,5-6,12H2/t17-,18+,19+/m0/s1. The van der Waals surface area contributed by atoms with Gasteiger partial charge in [0.05, 0.1) is 18.7 Å². The van der Waals surface area contributed by atoms with Crippen molar-refractivity contribution in [3.63, 3.8) is 0 Å². The maximum atomic E-state index is 12.4. The van der Waals surface area contributed by atoms with Crippen molar-refractivity contribution in [2.75, 3.05) is 6.61 Å². The molecule has 2 fully saturated rings. The number of aliphatic hydroxyl groups is 1. The number of aliphatic hydroxyl groups excluding tert-OH is 1. The van der Waals surface area contributed by atoms with E-state index in [0.29, 0.717) is 0 Å². The molecule has 126 valence electrons. The van der Waals surface area contributed by atoms with Gasteiger partial charge in [-0.25, -0.2) is 0 Å². The highest BCUT2D eigenvalue weighted by molar-refractivity contribution is 5.83. The van der Waals surface area contributed by atoms with Gasteiger partial charge in [-0.05, 0) is 41.7 Å². The first-order valence-corrected chi connectivity index (χ1v) is 8.57. The Hall–Kier alpha value is -2.71. The summed E-state index contributed by atoms with van der Waals surface area (Å²) >= 11 is 0. The molecule has 1 aliphatic carbocycles. The quantitative estimate of drug-likeness (QED) is 0.931. The molecular formula is C20H19N3O2. The van der Waals surface area contributed by atoms with E-state index in [2.05, 4.69) is 11.1 Å². The maximum Gasteiger partial charge on any atom is 0.227 e. The molecule has 2 aromatic rings. The number of hydrogen-bond donors (Lipinski definition) is 1. The number of hydrogen-bond acceptors (Lipinski definition) is 4. The fourth-order valence-corrected chi connectivity index (χ4v) is 3.69. The molecule has 2 heterocycles. The largest absolute Gasteiger partial charge is 0.394 e. The topological polar surface area (TPSA) is 77.2 Å². The molecule has 1 saturated heterocycles. The van der Waals surface area contributed by atoms with E-state index in [4.69, 9.17) is 0 Å². The number of nitrogens with zero attached hydrogens (tertiary/aromatic N) is 3. The SMILES string of the molecule is N#C[C@H]1[C@@H](c2ccc(-c3ccncc3)cc2)[C@@H](CO)N1C(=O)C1CC1. The number of likely N-dealkylation sites (tertiary alicyclic amines) is 1. The Labute approximate surface area is 146 Å². The van der Waals surface area contributed by atoms with Crippen LogP contribution in [-0.4, -0.2) is 39.6 Å². The van der Waals surface area contributed by atoms with Gasteiger partial charge in [-0.3, -0.25) is 9.78 Å². The molecule has 4 rings (SSSR count). The molecule has 1 amide bonds. The van der Waals surface area contributed by atoms with Gasteiger partial charge >= 0.3 is 0 Å². The van der Waals surface area contributed by atoms with Crippen molar-refractivity contribution in [2.24, 2.45) is 5.92 Å². The van der Waals surface area contributed by atoms with E-state index in [1.54, 1.807) is 17.3 Å². The Kier molecular flexibility index (Phi) is 3.98. The molecule has 2 aliphatic rings. The van der Waals surface area contributed by atoms with E-state index in [1.807, 2.05) is 36.4 Å². The fourth-order valence-electron chi connectivity index (χ4n) is 3.69. The van der Waals surface area contributed by atoms with Crippen LogP contribution in [0.1, 0.15) is 24.3 Å². The van der Waals surface area contributed by atoms with Crippen molar-refractivity contribution >= 4 is 5.91 Å². The van der Waals surface area contributed by atoms with Crippen LogP contribution in [0.3, 0.4) is 0 Å². The van der Waals surface area contributed by atoms with Crippen LogP contribution >= 0.6 is 0 Å². The summed E-state index contributed by atoms with van der Waals surface area (Å²) in [5.74, 6) is -0.0561. The highest BCUT2D eigenvalue weighted by atomic mass is 16.3. The third kappa shape index (κ3) is 2.69. The number of rotatable bonds is 4. The van der Waals surface area contributed by atoms with Crippen molar-refractivity contribution in [1.82, 2.24) is 9.88 Å². The molecule has 1 aromatic heterocycles. The van der Waals surface area contributed by atoms with E-state index < -0.39 is 6.04 Å². The summed E-state index contributed by atoms with van der Waals surface area (Å²) in [6, 6.07) is 13.4. The Balaban J connectivity index is 1.58. The zero-order valence-corrected chi connectivity index (χ0v) is 13.7. The first kappa shape index (κ1) is 15.8. The first-order valence-electron chi connectivity index (χ1n) is 8.57. The average molecular weight is 333 g/mol. The van der Waals surface area contributed by atoms with Gasteiger partial charge in [0.25, 0.3) is 0 Å². The van der Waals surface area contributed by atoms with Crippen LogP contribution in [0.2, 0.25) is 0 Å². The average Bonchev–Trinajstić information content (AvgIpc) is 3.48. The van der Waals surface area contributed by atoms with Crippen LogP contribution in [0.25, 0.3) is 11.1 Å². The second-order valence-electron chi connectivity index (χ2n) is 6.73. The molecule has 0 unspecified atom stereocenters. The Morgan fingerprint density at radius 1 is 1.16 bits per heavy atom. The normalized spacial score (nSPS) is 25.1. The number of benzene rings is 1. The van der Waals surface area contributed by atoms with Gasteiger partial charge in [0.1, 0.15) is 6.04 Å². The smallest absolute Gasteiger partial charge is 0.227 e.